The van der Waals surface area contributed by atoms with Crippen LogP contribution >= 0.6 is 35.8 Å². The highest BCUT2D eigenvalue weighted by Crippen LogP contribution is 2.27. The fourth-order valence-electron chi connectivity index (χ4n) is 2.64. The maximum absolute atomic E-state index is 5.94. The summed E-state index contributed by atoms with van der Waals surface area (Å²) < 4.78 is 0. The van der Waals surface area contributed by atoms with E-state index < -0.39 is 0 Å². The number of aromatic nitrogens is 2. The Labute approximate surface area is 158 Å². The summed E-state index contributed by atoms with van der Waals surface area (Å²) in [7, 11) is 0. The average Bonchev–Trinajstić information content (AvgIpc) is 3.03. The molecule has 0 aliphatic carbocycles. The number of fused-ring (bicyclic) bond motifs is 1. The summed E-state index contributed by atoms with van der Waals surface area (Å²) in [6.45, 7) is 4.61. The molecule has 0 aliphatic heterocycles. The molecule has 0 amide bonds. The van der Waals surface area contributed by atoms with Gasteiger partial charge in [0.15, 0.2) is 0 Å². The lowest BCUT2D eigenvalue weighted by atomic mass is 10.0. The molecule has 2 unspecified atom stereocenters. The van der Waals surface area contributed by atoms with E-state index in [2.05, 4.69) is 48.1 Å². The third-order valence-corrected chi connectivity index (χ3v) is 6.04. The quantitative estimate of drug-likeness (QED) is 0.556. The molecule has 5 heteroatoms. The zero-order valence-corrected chi connectivity index (χ0v) is 16.2. The number of H-pyrrole nitrogens is 1. The minimum absolute atomic E-state index is 0. The lowest BCUT2D eigenvalue weighted by Crippen LogP contribution is -2.14. The molecule has 128 valence electrons. The van der Waals surface area contributed by atoms with Gasteiger partial charge < -0.3 is 4.98 Å². The SMILES string of the molecule is CC(Cc1nccc2cc[nH]c12)C(C)SCc1ccc(Cl)cc1.Cl. The van der Waals surface area contributed by atoms with Crippen LogP contribution in [-0.2, 0) is 12.2 Å². The fraction of sp³-hybridized carbons (Fsp3) is 0.316. The molecule has 2 heterocycles. The van der Waals surface area contributed by atoms with E-state index in [1.165, 1.54) is 22.2 Å². The molecule has 1 aromatic carbocycles. The van der Waals surface area contributed by atoms with Gasteiger partial charge in [0, 0.05) is 33.8 Å². The second-order valence-electron chi connectivity index (χ2n) is 6.02. The Hall–Kier alpha value is -1.16. The Morgan fingerprint density at radius 2 is 1.88 bits per heavy atom. The molecule has 2 nitrogen and oxygen atoms in total. The second kappa shape index (κ2) is 8.80. The maximum atomic E-state index is 5.94. The minimum atomic E-state index is 0. The minimum Gasteiger partial charge on any atom is -0.360 e. The van der Waals surface area contributed by atoms with Gasteiger partial charge in [-0.05, 0) is 42.2 Å². The molecule has 0 radical (unpaired) electrons. The van der Waals surface area contributed by atoms with E-state index in [0.717, 1.165) is 17.2 Å². The van der Waals surface area contributed by atoms with E-state index in [0.29, 0.717) is 11.2 Å². The van der Waals surface area contributed by atoms with Crippen molar-refractivity contribution in [1.82, 2.24) is 9.97 Å². The highest BCUT2D eigenvalue weighted by molar-refractivity contribution is 7.99. The Kier molecular flexibility index (Phi) is 7.02. The van der Waals surface area contributed by atoms with E-state index in [-0.39, 0.29) is 12.4 Å². The first-order valence-electron chi connectivity index (χ1n) is 7.90. The number of halogens is 2. The number of benzene rings is 1. The molecule has 1 N–H and O–H groups in total. The summed E-state index contributed by atoms with van der Waals surface area (Å²) in [6.07, 6.45) is 4.88. The van der Waals surface area contributed by atoms with Gasteiger partial charge in [0.2, 0.25) is 0 Å². The van der Waals surface area contributed by atoms with Crippen molar-refractivity contribution in [3.8, 4) is 0 Å². The largest absolute Gasteiger partial charge is 0.360 e. The molecular weight excluding hydrogens is 359 g/mol. The van der Waals surface area contributed by atoms with Crippen molar-refractivity contribution in [3.63, 3.8) is 0 Å². The summed E-state index contributed by atoms with van der Waals surface area (Å²) in [5.74, 6) is 1.58. The van der Waals surface area contributed by atoms with Crippen LogP contribution in [0.1, 0.15) is 25.1 Å². The summed E-state index contributed by atoms with van der Waals surface area (Å²) in [6, 6.07) is 12.3. The number of aromatic amines is 1. The maximum Gasteiger partial charge on any atom is 0.0673 e. The van der Waals surface area contributed by atoms with Gasteiger partial charge in [-0.25, -0.2) is 0 Å². The van der Waals surface area contributed by atoms with E-state index in [1.54, 1.807) is 0 Å². The average molecular weight is 381 g/mol. The molecule has 3 rings (SSSR count). The lowest BCUT2D eigenvalue weighted by molar-refractivity contribution is 0.568. The van der Waals surface area contributed by atoms with E-state index in [4.69, 9.17) is 11.6 Å². The number of rotatable bonds is 6. The third-order valence-electron chi connectivity index (χ3n) is 4.30. The molecule has 0 saturated carbocycles. The Morgan fingerprint density at radius 3 is 2.62 bits per heavy atom. The highest BCUT2D eigenvalue weighted by Gasteiger charge is 2.16. The zero-order valence-electron chi connectivity index (χ0n) is 13.8. The van der Waals surface area contributed by atoms with Gasteiger partial charge in [0.1, 0.15) is 0 Å². The van der Waals surface area contributed by atoms with Crippen molar-refractivity contribution >= 4 is 46.7 Å². The topological polar surface area (TPSA) is 28.7 Å². The van der Waals surface area contributed by atoms with Gasteiger partial charge in [-0.1, -0.05) is 37.6 Å². The normalized spacial score (nSPS) is 13.5. The number of thioether (sulfide) groups is 1. The summed E-state index contributed by atoms with van der Waals surface area (Å²) in [5, 5.41) is 2.60. The van der Waals surface area contributed by atoms with Crippen molar-refractivity contribution in [2.45, 2.75) is 31.3 Å². The second-order valence-corrected chi connectivity index (χ2v) is 7.83. The summed E-state index contributed by atoms with van der Waals surface area (Å²) >= 11 is 7.93. The van der Waals surface area contributed by atoms with Gasteiger partial charge in [-0.3, -0.25) is 4.98 Å². The highest BCUT2D eigenvalue weighted by atomic mass is 35.5. The van der Waals surface area contributed by atoms with Crippen LogP contribution in [0.3, 0.4) is 0 Å². The smallest absolute Gasteiger partial charge is 0.0673 e. The lowest BCUT2D eigenvalue weighted by Gasteiger charge is -2.19. The van der Waals surface area contributed by atoms with Crippen molar-refractivity contribution in [1.29, 1.82) is 0 Å². The van der Waals surface area contributed by atoms with Crippen LogP contribution in [0, 0.1) is 5.92 Å². The van der Waals surface area contributed by atoms with Gasteiger partial charge >= 0.3 is 0 Å². The molecule has 0 spiro atoms. The monoisotopic (exact) mass is 380 g/mol. The predicted molar refractivity (Wildman–Crippen MR) is 108 cm³/mol. The molecule has 3 aromatic rings. The Balaban J connectivity index is 0.00000208. The molecular formula is C19H22Cl2N2S. The van der Waals surface area contributed by atoms with Crippen molar-refractivity contribution < 1.29 is 0 Å². The molecule has 2 atom stereocenters. The molecule has 2 aromatic heterocycles. The first-order valence-corrected chi connectivity index (χ1v) is 9.33. The van der Waals surface area contributed by atoms with Crippen LogP contribution in [-0.4, -0.2) is 15.2 Å². The molecule has 24 heavy (non-hydrogen) atoms. The molecule has 0 bridgehead atoms. The molecule has 0 fully saturated rings. The zero-order chi connectivity index (χ0) is 16.2. The summed E-state index contributed by atoms with van der Waals surface area (Å²) in [5.41, 5.74) is 3.66. The van der Waals surface area contributed by atoms with Crippen molar-refractivity contribution in [2.24, 2.45) is 5.92 Å². The Morgan fingerprint density at radius 1 is 1.12 bits per heavy atom. The number of nitrogens with zero attached hydrogens (tertiary/aromatic N) is 1. The predicted octanol–water partition coefficient (Wildman–Crippen LogP) is 6.14. The number of nitrogens with one attached hydrogen (secondary N) is 1. The number of hydrogen-bond donors (Lipinski definition) is 1. The third kappa shape index (κ3) is 4.69. The van der Waals surface area contributed by atoms with Gasteiger partial charge in [-0.2, -0.15) is 11.8 Å². The first-order chi connectivity index (χ1) is 11.1. The molecule has 0 aliphatic rings. The number of hydrogen-bond acceptors (Lipinski definition) is 2. The van der Waals surface area contributed by atoms with Crippen LogP contribution in [0.2, 0.25) is 5.02 Å². The fourth-order valence-corrected chi connectivity index (χ4v) is 3.84. The van der Waals surface area contributed by atoms with E-state index in [9.17, 15) is 0 Å². The summed E-state index contributed by atoms with van der Waals surface area (Å²) in [4.78, 5) is 7.89. The van der Waals surface area contributed by atoms with Crippen LogP contribution in [0.4, 0.5) is 0 Å². The van der Waals surface area contributed by atoms with Crippen molar-refractivity contribution in [3.05, 3.63) is 65.1 Å². The van der Waals surface area contributed by atoms with Crippen LogP contribution in [0.5, 0.6) is 0 Å². The van der Waals surface area contributed by atoms with E-state index >= 15 is 0 Å². The number of pyridine rings is 1. The van der Waals surface area contributed by atoms with Crippen LogP contribution < -0.4 is 0 Å². The van der Waals surface area contributed by atoms with Gasteiger partial charge in [0.05, 0.1) is 11.2 Å². The Bertz CT molecular complexity index is 770. The van der Waals surface area contributed by atoms with Crippen molar-refractivity contribution in [2.75, 3.05) is 0 Å². The van der Waals surface area contributed by atoms with Crippen LogP contribution in [0.25, 0.3) is 10.9 Å². The molecule has 0 saturated heterocycles. The van der Waals surface area contributed by atoms with Crippen LogP contribution in [0.15, 0.2) is 48.8 Å². The van der Waals surface area contributed by atoms with Gasteiger partial charge in [-0.15, -0.1) is 12.4 Å². The first kappa shape index (κ1) is 19.2. The standard InChI is InChI=1S/C19H21ClN2S.ClH/c1-13(11-18-19-16(7-9-21-18)8-10-22-19)14(2)23-12-15-3-5-17(20)6-4-15;/h3-10,13-14,22H,11-12H2,1-2H3;1H. The van der Waals surface area contributed by atoms with E-state index in [1.807, 2.05) is 36.3 Å². The van der Waals surface area contributed by atoms with Gasteiger partial charge in [0.25, 0.3) is 0 Å².